The lowest BCUT2D eigenvalue weighted by molar-refractivity contribution is -0.135. The Kier molecular flexibility index (Phi) is 5.31. The average Bonchev–Trinajstić information content (AvgIpc) is 3.48. The summed E-state index contributed by atoms with van der Waals surface area (Å²) in [5.74, 6) is 0.142. The predicted octanol–water partition coefficient (Wildman–Crippen LogP) is 0.208. The van der Waals surface area contributed by atoms with Crippen molar-refractivity contribution in [2.45, 2.75) is 31.0 Å². The number of ether oxygens (including phenoxy) is 2. The standard InChI is InChI=1S/C20H23N7O5/c28-16(14-1-2-17(21-10-14)27-13-22-23-24-27)11-25-6-3-20(4-7-25)5-8-26(19(30)32-20)15-9-18(29)31-12-15/h1-2,9-10,13,16,28H,3-8,11-12H2. The Balaban J connectivity index is 1.14. The van der Waals surface area contributed by atoms with E-state index in [1.165, 1.54) is 22.0 Å². The lowest BCUT2D eigenvalue weighted by Gasteiger charge is -2.46. The van der Waals surface area contributed by atoms with Crippen molar-refractivity contribution in [2.75, 3.05) is 32.8 Å². The molecule has 0 aromatic carbocycles. The second-order valence-electron chi connectivity index (χ2n) is 8.22. The van der Waals surface area contributed by atoms with Crippen LogP contribution in [0.15, 0.2) is 36.4 Å². The number of aromatic nitrogens is 5. The van der Waals surface area contributed by atoms with Crippen LogP contribution in [0.2, 0.25) is 0 Å². The van der Waals surface area contributed by atoms with E-state index in [0.717, 1.165) is 0 Å². The summed E-state index contributed by atoms with van der Waals surface area (Å²) >= 11 is 0. The third kappa shape index (κ3) is 4.06. The van der Waals surface area contributed by atoms with Gasteiger partial charge in [0, 0.05) is 63.3 Å². The molecule has 1 amide bonds. The fourth-order valence-electron chi connectivity index (χ4n) is 4.32. The quantitative estimate of drug-likeness (QED) is 0.641. The number of rotatable bonds is 5. The molecule has 0 bridgehead atoms. The first-order valence-electron chi connectivity index (χ1n) is 10.5. The minimum atomic E-state index is -0.685. The molecule has 1 spiro atoms. The number of hydrogen-bond donors (Lipinski definition) is 1. The number of β-amino-alcohol motifs (C(OH)–C–C–N with tert-alkyl or cyclic N) is 1. The zero-order valence-electron chi connectivity index (χ0n) is 17.3. The van der Waals surface area contributed by atoms with E-state index < -0.39 is 23.8 Å². The van der Waals surface area contributed by atoms with Crippen LogP contribution in [0, 0.1) is 0 Å². The number of cyclic esters (lactones) is 1. The molecule has 3 aliphatic heterocycles. The number of carbonyl (C=O) groups excluding carboxylic acids is 2. The molecule has 0 aliphatic carbocycles. The second-order valence-corrected chi connectivity index (χ2v) is 8.22. The zero-order valence-corrected chi connectivity index (χ0v) is 17.3. The number of hydrogen-bond acceptors (Lipinski definition) is 10. The van der Waals surface area contributed by atoms with Crippen molar-refractivity contribution in [2.24, 2.45) is 0 Å². The largest absolute Gasteiger partial charge is 0.456 e. The minimum absolute atomic E-state index is 0.109. The van der Waals surface area contributed by atoms with Crippen molar-refractivity contribution >= 4 is 12.1 Å². The maximum absolute atomic E-state index is 12.5. The fourth-order valence-corrected chi connectivity index (χ4v) is 4.32. The lowest BCUT2D eigenvalue weighted by Crippen LogP contribution is -2.54. The van der Waals surface area contributed by atoms with Crippen molar-refractivity contribution < 1.29 is 24.2 Å². The highest BCUT2D eigenvalue weighted by atomic mass is 16.6. The lowest BCUT2D eigenvalue weighted by atomic mass is 9.86. The number of nitrogens with zero attached hydrogens (tertiary/aromatic N) is 7. The molecule has 3 aliphatic rings. The molecule has 0 radical (unpaired) electrons. The number of esters is 1. The number of tetrazole rings is 1. The molecule has 2 aromatic rings. The maximum atomic E-state index is 12.5. The molecule has 12 heteroatoms. The van der Waals surface area contributed by atoms with Gasteiger partial charge >= 0.3 is 12.1 Å². The summed E-state index contributed by atoms with van der Waals surface area (Å²) < 4.78 is 12.2. The van der Waals surface area contributed by atoms with Gasteiger partial charge in [0.15, 0.2) is 5.82 Å². The highest BCUT2D eigenvalue weighted by Crippen LogP contribution is 2.36. The molecule has 5 rings (SSSR count). The number of pyridine rings is 1. The van der Waals surface area contributed by atoms with E-state index in [0.29, 0.717) is 62.5 Å². The van der Waals surface area contributed by atoms with Crippen LogP contribution < -0.4 is 0 Å². The summed E-state index contributed by atoms with van der Waals surface area (Å²) in [5, 5.41) is 21.6. The molecular weight excluding hydrogens is 418 g/mol. The van der Waals surface area contributed by atoms with Crippen molar-refractivity contribution in [3.05, 3.63) is 42.0 Å². The van der Waals surface area contributed by atoms with Crippen molar-refractivity contribution in [3.63, 3.8) is 0 Å². The number of likely N-dealkylation sites (tertiary alicyclic amines) is 1. The van der Waals surface area contributed by atoms with Gasteiger partial charge in [0.25, 0.3) is 0 Å². The maximum Gasteiger partial charge on any atom is 0.414 e. The van der Waals surface area contributed by atoms with Gasteiger partial charge in [-0.1, -0.05) is 6.07 Å². The molecule has 12 nitrogen and oxygen atoms in total. The molecule has 32 heavy (non-hydrogen) atoms. The van der Waals surface area contributed by atoms with Crippen molar-refractivity contribution in [1.82, 2.24) is 35.0 Å². The number of aliphatic hydroxyl groups excluding tert-OH is 1. The number of amides is 1. The molecule has 1 unspecified atom stereocenters. The SMILES string of the molecule is O=C1C=C(N2CCC3(CCN(CC(O)c4ccc(-n5cnnn5)nc4)CC3)OC2=O)CO1. The van der Waals surface area contributed by atoms with Crippen LogP contribution in [-0.4, -0.2) is 90.5 Å². The monoisotopic (exact) mass is 441 g/mol. The van der Waals surface area contributed by atoms with Gasteiger partial charge in [0.05, 0.1) is 11.8 Å². The number of aliphatic hydroxyl groups is 1. The van der Waals surface area contributed by atoms with Crippen LogP contribution in [-0.2, 0) is 14.3 Å². The van der Waals surface area contributed by atoms with Crippen molar-refractivity contribution in [3.8, 4) is 5.82 Å². The van der Waals surface area contributed by atoms with Gasteiger partial charge in [-0.15, -0.1) is 5.10 Å². The Morgan fingerprint density at radius 1 is 1.16 bits per heavy atom. The van der Waals surface area contributed by atoms with Gasteiger partial charge in [-0.3, -0.25) is 4.90 Å². The van der Waals surface area contributed by atoms with E-state index in [-0.39, 0.29) is 6.61 Å². The van der Waals surface area contributed by atoms with E-state index in [4.69, 9.17) is 9.47 Å². The van der Waals surface area contributed by atoms with E-state index in [9.17, 15) is 14.7 Å². The van der Waals surface area contributed by atoms with Crippen LogP contribution in [0.3, 0.4) is 0 Å². The smallest absolute Gasteiger partial charge is 0.414 e. The van der Waals surface area contributed by atoms with Crippen LogP contribution in [0.4, 0.5) is 4.79 Å². The molecule has 2 fully saturated rings. The van der Waals surface area contributed by atoms with Gasteiger partial charge in [-0.25, -0.2) is 14.6 Å². The van der Waals surface area contributed by atoms with Gasteiger partial charge in [0.1, 0.15) is 18.5 Å². The van der Waals surface area contributed by atoms with Crippen molar-refractivity contribution in [1.29, 1.82) is 0 Å². The molecule has 1 N–H and O–H groups in total. The fraction of sp³-hybridized carbons (Fsp3) is 0.500. The molecular formula is C20H23N7O5. The number of piperidine rings is 1. The zero-order chi connectivity index (χ0) is 22.1. The molecule has 0 saturated carbocycles. The highest BCUT2D eigenvalue weighted by molar-refractivity contribution is 5.86. The Morgan fingerprint density at radius 3 is 2.59 bits per heavy atom. The predicted molar refractivity (Wildman–Crippen MR) is 107 cm³/mol. The number of carbonyl (C=O) groups is 2. The van der Waals surface area contributed by atoms with Gasteiger partial charge in [-0.05, 0) is 16.5 Å². The van der Waals surface area contributed by atoms with Crippen LogP contribution in [0.1, 0.15) is 30.9 Å². The highest BCUT2D eigenvalue weighted by Gasteiger charge is 2.44. The molecule has 2 aromatic heterocycles. The Labute approximate surface area is 183 Å². The summed E-state index contributed by atoms with van der Waals surface area (Å²) in [6, 6.07) is 3.56. The molecule has 2 saturated heterocycles. The van der Waals surface area contributed by atoms with E-state index in [1.54, 1.807) is 12.3 Å². The van der Waals surface area contributed by atoms with Gasteiger partial charge in [-0.2, -0.15) is 4.68 Å². The van der Waals surface area contributed by atoms with Gasteiger partial charge < -0.3 is 19.5 Å². The third-order valence-electron chi connectivity index (χ3n) is 6.25. The molecule has 1 atom stereocenters. The van der Waals surface area contributed by atoms with Crippen LogP contribution >= 0.6 is 0 Å². The first-order valence-corrected chi connectivity index (χ1v) is 10.5. The normalized spacial score (nSPS) is 21.9. The van der Waals surface area contributed by atoms with Gasteiger partial charge in [0.2, 0.25) is 0 Å². The van der Waals surface area contributed by atoms with Crippen LogP contribution in [0.5, 0.6) is 0 Å². The topological polar surface area (TPSA) is 136 Å². The summed E-state index contributed by atoms with van der Waals surface area (Å²) in [7, 11) is 0. The Hall–Kier alpha value is -3.38. The summed E-state index contributed by atoms with van der Waals surface area (Å²) in [6.45, 7) is 2.51. The average molecular weight is 441 g/mol. The molecule has 5 heterocycles. The second kappa shape index (κ2) is 8.28. The minimum Gasteiger partial charge on any atom is -0.456 e. The summed E-state index contributed by atoms with van der Waals surface area (Å²) in [4.78, 5) is 31.8. The summed E-state index contributed by atoms with van der Waals surface area (Å²) in [5.41, 5.74) is 0.771. The Bertz CT molecular complexity index is 1020. The van der Waals surface area contributed by atoms with E-state index >= 15 is 0 Å². The third-order valence-corrected chi connectivity index (χ3v) is 6.25. The Morgan fingerprint density at radius 2 is 1.97 bits per heavy atom. The first-order chi connectivity index (χ1) is 15.5. The van der Waals surface area contributed by atoms with E-state index in [1.807, 2.05) is 6.07 Å². The van der Waals surface area contributed by atoms with Crippen LogP contribution in [0.25, 0.3) is 5.82 Å². The molecule has 168 valence electrons. The summed E-state index contributed by atoms with van der Waals surface area (Å²) in [6.07, 6.45) is 5.40. The first kappa shape index (κ1) is 20.5. The van der Waals surface area contributed by atoms with E-state index in [2.05, 4.69) is 25.4 Å².